The first-order chi connectivity index (χ1) is 17.8. The number of nitrogens with zero attached hydrogens (tertiary/aromatic N) is 6. The van der Waals surface area contributed by atoms with Gasteiger partial charge in [-0.3, -0.25) is 4.68 Å². The largest absolute Gasteiger partial charge is 0.444 e. The maximum Gasteiger partial charge on any atom is 0.410 e. The van der Waals surface area contributed by atoms with Gasteiger partial charge in [-0.15, -0.1) is 0 Å². The average Bonchev–Trinajstić information content (AvgIpc) is 3.42. The van der Waals surface area contributed by atoms with Crippen molar-refractivity contribution in [3.8, 4) is 11.4 Å². The first kappa shape index (κ1) is 26.0. The highest BCUT2D eigenvalue weighted by Crippen LogP contribution is 2.31. The Bertz CT molecular complexity index is 1320. The van der Waals surface area contributed by atoms with E-state index in [4.69, 9.17) is 19.1 Å². The van der Waals surface area contributed by atoms with Crippen LogP contribution in [-0.4, -0.2) is 79.3 Å². The summed E-state index contributed by atoms with van der Waals surface area (Å²) in [5, 5.41) is 9.96. The van der Waals surface area contributed by atoms with Gasteiger partial charge in [0.25, 0.3) is 0 Å². The predicted molar refractivity (Wildman–Crippen MR) is 140 cm³/mol. The number of hydrogen-bond donors (Lipinski definition) is 0. The molecule has 0 N–H and O–H groups in total. The number of ether oxygens (including phenoxy) is 2. The van der Waals surface area contributed by atoms with E-state index in [-0.39, 0.29) is 24.1 Å². The minimum atomic E-state index is -0.509. The van der Waals surface area contributed by atoms with Gasteiger partial charge < -0.3 is 23.8 Å². The molecule has 2 aromatic heterocycles. The van der Waals surface area contributed by atoms with E-state index in [0.717, 1.165) is 29.3 Å². The van der Waals surface area contributed by atoms with Gasteiger partial charge in [-0.05, 0) is 60.5 Å². The standard InChI is InChI=1S/C27H36N6O5/c1-26(2,3)36-24(34)31-11-9-17(10-12-31)23-28-22(30-38-23)18-7-8-19-14-33(29-21(19)13-18)20-15-32(16-20)25(35)37-27(4,5)6/h7-8,13-14,17,20H,9-12,15-16H2,1-6H3. The molecule has 11 heteroatoms. The molecule has 2 aliphatic heterocycles. The van der Waals surface area contributed by atoms with Crippen molar-refractivity contribution < 1.29 is 23.6 Å². The molecule has 0 spiro atoms. The van der Waals surface area contributed by atoms with Gasteiger partial charge in [-0.25, -0.2) is 9.59 Å². The Morgan fingerprint density at radius 1 is 0.947 bits per heavy atom. The highest BCUT2D eigenvalue weighted by Gasteiger charge is 2.35. The molecule has 2 fully saturated rings. The molecule has 3 aromatic rings. The number of rotatable bonds is 3. The summed E-state index contributed by atoms with van der Waals surface area (Å²) in [5.74, 6) is 1.21. The summed E-state index contributed by atoms with van der Waals surface area (Å²) in [4.78, 5) is 32.7. The number of piperidine rings is 1. The molecule has 0 radical (unpaired) electrons. The monoisotopic (exact) mass is 524 g/mol. The lowest BCUT2D eigenvalue weighted by molar-refractivity contribution is -0.000337. The summed E-state index contributed by atoms with van der Waals surface area (Å²) in [6.07, 6.45) is 2.90. The van der Waals surface area contributed by atoms with Crippen LogP contribution in [-0.2, 0) is 9.47 Å². The summed E-state index contributed by atoms with van der Waals surface area (Å²) < 4.78 is 18.4. The van der Waals surface area contributed by atoms with E-state index in [0.29, 0.717) is 37.9 Å². The highest BCUT2D eigenvalue weighted by atomic mass is 16.6. The van der Waals surface area contributed by atoms with Crippen LogP contribution in [0.25, 0.3) is 22.3 Å². The third-order valence-electron chi connectivity index (χ3n) is 6.61. The molecule has 0 aliphatic carbocycles. The summed E-state index contributed by atoms with van der Waals surface area (Å²) in [6, 6.07) is 6.02. The number of hydrogen-bond acceptors (Lipinski definition) is 8. The van der Waals surface area contributed by atoms with Crippen molar-refractivity contribution in [3.05, 3.63) is 30.3 Å². The number of carbonyl (C=O) groups excluding carboxylic acids is 2. The molecule has 2 amide bonds. The van der Waals surface area contributed by atoms with Crippen molar-refractivity contribution in [2.24, 2.45) is 0 Å². The third kappa shape index (κ3) is 5.76. The minimum Gasteiger partial charge on any atom is -0.444 e. The number of amides is 2. The van der Waals surface area contributed by atoms with E-state index in [9.17, 15) is 9.59 Å². The Morgan fingerprint density at radius 3 is 2.21 bits per heavy atom. The van der Waals surface area contributed by atoms with Crippen molar-refractivity contribution >= 4 is 23.1 Å². The molecule has 1 aromatic carbocycles. The van der Waals surface area contributed by atoms with Crippen molar-refractivity contribution in [1.82, 2.24) is 29.7 Å². The van der Waals surface area contributed by atoms with Crippen LogP contribution in [0.2, 0.25) is 0 Å². The fourth-order valence-electron chi connectivity index (χ4n) is 4.61. The first-order valence-corrected chi connectivity index (χ1v) is 13.1. The zero-order valence-electron chi connectivity index (χ0n) is 22.9. The first-order valence-electron chi connectivity index (χ1n) is 13.1. The minimum absolute atomic E-state index is 0.101. The normalized spacial score (nSPS) is 17.5. The molecule has 4 heterocycles. The molecule has 0 bridgehead atoms. The fourth-order valence-corrected chi connectivity index (χ4v) is 4.61. The van der Waals surface area contributed by atoms with Crippen molar-refractivity contribution in [2.45, 2.75) is 77.5 Å². The third-order valence-corrected chi connectivity index (χ3v) is 6.61. The van der Waals surface area contributed by atoms with Crippen molar-refractivity contribution in [2.75, 3.05) is 26.2 Å². The second kappa shape index (κ2) is 9.59. The summed E-state index contributed by atoms with van der Waals surface area (Å²) in [5.41, 5.74) is 0.638. The van der Waals surface area contributed by atoms with Crippen LogP contribution >= 0.6 is 0 Å². The van der Waals surface area contributed by atoms with Gasteiger partial charge in [0.15, 0.2) is 0 Å². The van der Waals surface area contributed by atoms with E-state index in [1.807, 2.05) is 70.6 Å². The second-order valence-corrected chi connectivity index (χ2v) is 12.1. The van der Waals surface area contributed by atoms with E-state index >= 15 is 0 Å². The maximum absolute atomic E-state index is 12.3. The van der Waals surface area contributed by atoms with Crippen molar-refractivity contribution in [1.29, 1.82) is 0 Å². The van der Waals surface area contributed by atoms with Crippen LogP contribution < -0.4 is 0 Å². The van der Waals surface area contributed by atoms with Gasteiger partial charge >= 0.3 is 12.2 Å². The molecular weight excluding hydrogens is 488 g/mol. The van der Waals surface area contributed by atoms with Gasteiger partial charge in [0.1, 0.15) is 11.2 Å². The van der Waals surface area contributed by atoms with E-state index in [1.54, 1.807) is 9.80 Å². The number of fused-ring (bicyclic) bond motifs is 1. The van der Waals surface area contributed by atoms with Crippen molar-refractivity contribution in [3.63, 3.8) is 0 Å². The Morgan fingerprint density at radius 2 is 1.58 bits per heavy atom. The van der Waals surface area contributed by atoms with Gasteiger partial charge in [-0.1, -0.05) is 17.3 Å². The lowest BCUT2D eigenvalue weighted by atomic mass is 9.97. The summed E-state index contributed by atoms with van der Waals surface area (Å²) >= 11 is 0. The van der Waals surface area contributed by atoms with E-state index in [2.05, 4.69) is 10.1 Å². The number of benzene rings is 1. The zero-order valence-corrected chi connectivity index (χ0v) is 22.9. The SMILES string of the molecule is CC(C)(C)OC(=O)N1CCC(c2nc(-c3ccc4cn(C5CN(C(=O)OC(C)(C)C)C5)nc4c3)no2)CC1. The van der Waals surface area contributed by atoms with E-state index < -0.39 is 11.2 Å². The lowest BCUT2D eigenvalue weighted by Gasteiger charge is -2.39. The summed E-state index contributed by atoms with van der Waals surface area (Å²) in [6.45, 7) is 13.5. The lowest BCUT2D eigenvalue weighted by Crippen LogP contribution is -2.52. The number of carbonyl (C=O) groups is 2. The fraction of sp³-hybridized carbons (Fsp3) is 0.593. The van der Waals surface area contributed by atoms with Crippen LogP contribution in [0, 0.1) is 0 Å². The summed E-state index contributed by atoms with van der Waals surface area (Å²) in [7, 11) is 0. The van der Waals surface area contributed by atoms with Gasteiger partial charge in [-0.2, -0.15) is 10.1 Å². The quantitative estimate of drug-likeness (QED) is 0.470. The Hall–Kier alpha value is -3.63. The van der Waals surface area contributed by atoms with Crippen LogP contribution in [0.4, 0.5) is 9.59 Å². The topological polar surface area (TPSA) is 116 Å². The smallest absolute Gasteiger partial charge is 0.410 e. The van der Waals surface area contributed by atoms with Crippen LogP contribution in [0.3, 0.4) is 0 Å². The molecule has 204 valence electrons. The van der Waals surface area contributed by atoms with Gasteiger partial charge in [0.05, 0.1) is 11.6 Å². The van der Waals surface area contributed by atoms with E-state index in [1.165, 1.54) is 0 Å². The second-order valence-electron chi connectivity index (χ2n) is 12.1. The predicted octanol–water partition coefficient (Wildman–Crippen LogP) is 4.99. The highest BCUT2D eigenvalue weighted by molar-refractivity contribution is 5.82. The van der Waals surface area contributed by atoms with Gasteiger partial charge in [0, 0.05) is 49.2 Å². The molecule has 0 atom stereocenters. The molecule has 2 saturated heterocycles. The molecular formula is C27H36N6O5. The Balaban J connectivity index is 1.20. The van der Waals surface area contributed by atoms with Crippen LogP contribution in [0.1, 0.15) is 72.2 Å². The number of aromatic nitrogens is 4. The van der Waals surface area contributed by atoms with Gasteiger partial charge in [0.2, 0.25) is 11.7 Å². The Kier molecular flexibility index (Phi) is 6.56. The molecule has 0 unspecified atom stereocenters. The molecule has 0 saturated carbocycles. The van der Waals surface area contributed by atoms with Crippen LogP contribution in [0.15, 0.2) is 28.9 Å². The molecule has 11 nitrogen and oxygen atoms in total. The zero-order chi connectivity index (χ0) is 27.2. The molecule has 38 heavy (non-hydrogen) atoms. The van der Waals surface area contributed by atoms with Crippen LogP contribution in [0.5, 0.6) is 0 Å². The molecule has 5 rings (SSSR count). The maximum atomic E-state index is 12.3. The average molecular weight is 525 g/mol. The Labute approximate surface area is 222 Å². The number of likely N-dealkylation sites (tertiary alicyclic amines) is 2. The molecule has 2 aliphatic rings.